The molecule has 17 nitrogen and oxygen atoms in total. The predicted octanol–water partition coefficient (Wildman–Crippen LogP) is 20.5. The number of ether oxygens (including phenoxy) is 4. The molecule has 90 heavy (non-hydrogen) atoms. The van der Waals surface area contributed by atoms with E-state index in [1.165, 1.54) is 180 Å². The maximum atomic E-state index is 13.0. The fourth-order valence-corrected chi connectivity index (χ4v) is 12.4. The van der Waals surface area contributed by atoms with Crippen molar-refractivity contribution in [3.63, 3.8) is 0 Å². The van der Waals surface area contributed by atoms with Crippen LogP contribution in [-0.2, 0) is 65.4 Å². The van der Waals surface area contributed by atoms with Crippen LogP contribution in [0.25, 0.3) is 0 Å². The summed E-state index contributed by atoms with van der Waals surface area (Å²) in [6.07, 6.45) is 51.3. The van der Waals surface area contributed by atoms with E-state index in [1.807, 2.05) is 0 Å². The third kappa shape index (κ3) is 64.8. The lowest BCUT2D eigenvalue weighted by Gasteiger charge is -2.21. The van der Waals surface area contributed by atoms with Gasteiger partial charge in [-0.25, -0.2) is 9.13 Å². The van der Waals surface area contributed by atoms with E-state index in [-0.39, 0.29) is 25.7 Å². The average molecular weight is 1330 g/mol. The van der Waals surface area contributed by atoms with Crippen LogP contribution in [0.4, 0.5) is 0 Å². The molecular weight excluding hydrogens is 1190 g/mol. The number of esters is 4. The van der Waals surface area contributed by atoms with Crippen molar-refractivity contribution in [3.05, 3.63) is 0 Å². The van der Waals surface area contributed by atoms with Crippen molar-refractivity contribution in [2.75, 3.05) is 39.6 Å². The van der Waals surface area contributed by atoms with E-state index < -0.39 is 97.5 Å². The molecule has 0 bridgehead atoms. The molecule has 0 aromatic heterocycles. The van der Waals surface area contributed by atoms with Gasteiger partial charge in [0.1, 0.15) is 19.3 Å². The van der Waals surface area contributed by atoms with E-state index in [0.717, 1.165) is 109 Å². The highest BCUT2D eigenvalue weighted by Gasteiger charge is 2.30. The molecule has 0 amide bonds. The second-order valence-electron chi connectivity index (χ2n) is 26.1. The molecule has 3 N–H and O–H groups in total. The Labute approximate surface area is 549 Å². The summed E-state index contributed by atoms with van der Waals surface area (Å²) in [5.74, 6) is -1.33. The molecule has 0 aliphatic heterocycles. The molecule has 534 valence electrons. The summed E-state index contributed by atoms with van der Waals surface area (Å²) >= 11 is 0. The number of phosphoric ester groups is 2. The van der Waals surface area contributed by atoms with Crippen LogP contribution in [0.3, 0.4) is 0 Å². The van der Waals surface area contributed by atoms with Gasteiger partial charge in [-0.1, -0.05) is 317 Å². The largest absolute Gasteiger partial charge is 0.472 e. The summed E-state index contributed by atoms with van der Waals surface area (Å²) in [6, 6.07) is 0. The van der Waals surface area contributed by atoms with Crippen molar-refractivity contribution in [3.8, 4) is 0 Å². The highest BCUT2D eigenvalue weighted by atomic mass is 31.2. The fraction of sp³-hybridized carbons (Fsp3) is 0.944. The zero-order valence-corrected chi connectivity index (χ0v) is 60.1. The lowest BCUT2D eigenvalue weighted by atomic mass is 10.0. The first-order valence-electron chi connectivity index (χ1n) is 37.1. The van der Waals surface area contributed by atoms with Gasteiger partial charge in [0.15, 0.2) is 12.2 Å². The first-order valence-corrected chi connectivity index (χ1v) is 40.1. The van der Waals surface area contributed by atoms with E-state index in [4.69, 9.17) is 37.0 Å². The van der Waals surface area contributed by atoms with Gasteiger partial charge >= 0.3 is 39.5 Å². The van der Waals surface area contributed by atoms with Gasteiger partial charge in [-0.3, -0.25) is 37.3 Å². The molecule has 0 saturated carbocycles. The van der Waals surface area contributed by atoms with Crippen molar-refractivity contribution in [2.45, 2.75) is 387 Å². The number of rotatable bonds is 71. The third-order valence-corrected chi connectivity index (χ3v) is 18.4. The number of unbranched alkanes of at least 4 members (excludes halogenated alkanes) is 43. The Balaban J connectivity index is 5.20. The summed E-state index contributed by atoms with van der Waals surface area (Å²) in [4.78, 5) is 72.5. The summed E-state index contributed by atoms with van der Waals surface area (Å²) in [5, 5.41) is 10.6. The lowest BCUT2D eigenvalue weighted by Crippen LogP contribution is -2.30. The van der Waals surface area contributed by atoms with Crippen LogP contribution in [-0.4, -0.2) is 96.7 Å². The number of phosphoric acid groups is 2. The van der Waals surface area contributed by atoms with Crippen LogP contribution in [0.15, 0.2) is 0 Å². The Morgan fingerprint density at radius 3 is 0.756 bits per heavy atom. The highest BCUT2D eigenvalue weighted by molar-refractivity contribution is 7.47. The first kappa shape index (κ1) is 88.1. The minimum absolute atomic E-state index is 0.107. The standard InChI is InChI=1S/C71H138O17P2/c1-6-9-12-15-18-20-22-26-31-35-40-45-50-55-69(74)82-61-67(88-71(76)57-52-47-42-37-33-29-25-24-28-30-34-39-43-48-53-64(4)5)63-86-90(79,80)84-59-65(72)58-83-89(77,78)85-62-66(60-81-68(73)54-49-44-38-17-14-11-8-3)87-70(75)56-51-46-41-36-32-27-23-21-19-16-13-10-7-2/h64-67,72H,6-63H2,1-5H3,(H,77,78)(H,79,80)/t65-,66+,67+/m0/s1. The van der Waals surface area contributed by atoms with Crippen molar-refractivity contribution in [2.24, 2.45) is 5.92 Å². The molecule has 0 fully saturated rings. The van der Waals surface area contributed by atoms with E-state index in [0.29, 0.717) is 25.7 Å². The summed E-state index contributed by atoms with van der Waals surface area (Å²) in [6.45, 7) is 7.24. The molecule has 0 spiro atoms. The molecule has 0 saturated heterocycles. The molecular formula is C71H138O17P2. The molecule has 0 aliphatic carbocycles. The smallest absolute Gasteiger partial charge is 0.462 e. The van der Waals surface area contributed by atoms with Gasteiger partial charge < -0.3 is 33.8 Å². The van der Waals surface area contributed by atoms with Crippen LogP contribution in [0.5, 0.6) is 0 Å². The predicted molar refractivity (Wildman–Crippen MR) is 363 cm³/mol. The van der Waals surface area contributed by atoms with Crippen LogP contribution >= 0.6 is 15.6 Å². The van der Waals surface area contributed by atoms with Gasteiger partial charge in [0.25, 0.3) is 0 Å². The Bertz CT molecular complexity index is 1740. The van der Waals surface area contributed by atoms with Crippen molar-refractivity contribution in [1.82, 2.24) is 0 Å². The number of aliphatic hydroxyl groups is 1. The fourth-order valence-electron chi connectivity index (χ4n) is 10.8. The molecule has 0 aromatic rings. The van der Waals surface area contributed by atoms with E-state index in [1.54, 1.807) is 0 Å². The lowest BCUT2D eigenvalue weighted by molar-refractivity contribution is -0.161. The number of carbonyl (C=O) groups excluding carboxylic acids is 4. The highest BCUT2D eigenvalue weighted by Crippen LogP contribution is 2.45. The third-order valence-electron chi connectivity index (χ3n) is 16.5. The summed E-state index contributed by atoms with van der Waals surface area (Å²) in [5.41, 5.74) is 0. The summed E-state index contributed by atoms with van der Waals surface area (Å²) in [7, 11) is -9.90. The van der Waals surface area contributed by atoms with Gasteiger partial charge in [0, 0.05) is 25.7 Å². The number of hydrogen-bond donors (Lipinski definition) is 3. The zero-order chi connectivity index (χ0) is 66.3. The molecule has 0 aromatic carbocycles. The maximum absolute atomic E-state index is 13.0. The van der Waals surface area contributed by atoms with Crippen LogP contribution in [0, 0.1) is 5.92 Å². The van der Waals surface area contributed by atoms with E-state index >= 15 is 0 Å². The minimum Gasteiger partial charge on any atom is -0.462 e. The van der Waals surface area contributed by atoms with Crippen LogP contribution in [0.1, 0.15) is 369 Å². The number of carbonyl (C=O) groups is 4. The van der Waals surface area contributed by atoms with Crippen molar-refractivity contribution >= 4 is 39.5 Å². The molecule has 19 heteroatoms. The van der Waals surface area contributed by atoms with Gasteiger partial charge in [0.2, 0.25) is 0 Å². The van der Waals surface area contributed by atoms with Gasteiger partial charge in [-0.15, -0.1) is 0 Å². The van der Waals surface area contributed by atoms with Crippen molar-refractivity contribution in [1.29, 1.82) is 0 Å². The Morgan fingerprint density at radius 1 is 0.300 bits per heavy atom. The molecule has 2 unspecified atom stereocenters. The molecule has 0 aliphatic rings. The van der Waals surface area contributed by atoms with Gasteiger partial charge in [-0.2, -0.15) is 0 Å². The van der Waals surface area contributed by atoms with Gasteiger partial charge in [-0.05, 0) is 31.6 Å². The quantitative estimate of drug-likeness (QED) is 0.0222. The van der Waals surface area contributed by atoms with Crippen molar-refractivity contribution < 1.29 is 80.2 Å². The SMILES string of the molecule is CCCCCCCCCCCCCCCC(=O)OC[C@H](COP(=O)(O)OC[C@@H](O)COP(=O)(O)OC[C@@H](COC(=O)CCCCCCCCC)OC(=O)CCCCCCCCCCCCCCC)OC(=O)CCCCCCCCCCCCCCCCC(C)C. The topological polar surface area (TPSA) is 237 Å². The molecule has 0 radical (unpaired) electrons. The number of aliphatic hydroxyl groups excluding tert-OH is 1. The second-order valence-corrected chi connectivity index (χ2v) is 29.0. The molecule has 0 heterocycles. The van der Waals surface area contributed by atoms with Crippen LogP contribution in [0.2, 0.25) is 0 Å². The maximum Gasteiger partial charge on any atom is 0.472 e. The number of hydrogen-bond acceptors (Lipinski definition) is 15. The summed E-state index contributed by atoms with van der Waals surface area (Å²) < 4.78 is 68.2. The van der Waals surface area contributed by atoms with Crippen LogP contribution < -0.4 is 0 Å². The second kappa shape index (κ2) is 64.4. The molecule has 0 rings (SSSR count). The zero-order valence-electron chi connectivity index (χ0n) is 58.3. The minimum atomic E-state index is -4.95. The normalized spacial score (nSPS) is 14.1. The Kier molecular flexibility index (Phi) is 63.0. The first-order chi connectivity index (χ1) is 43.5. The average Bonchev–Trinajstić information content (AvgIpc) is 3.66. The van der Waals surface area contributed by atoms with E-state index in [2.05, 4.69) is 34.6 Å². The Morgan fingerprint density at radius 2 is 0.511 bits per heavy atom. The van der Waals surface area contributed by atoms with E-state index in [9.17, 15) is 43.2 Å². The molecule has 5 atom stereocenters. The monoisotopic (exact) mass is 1320 g/mol. The van der Waals surface area contributed by atoms with Gasteiger partial charge in [0.05, 0.1) is 26.4 Å². The Hall–Kier alpha value is -1.94.